The largest absolute Gasteiger partial charge is 1.00 e. The molecule has 1 heterocycles. The summed E-state index contributed by atoms with van der Waals surface area (Å²) in [5.41, 5.74) is 1.98. The van der Waals surface area contributed by atoms with Crippen LogP contribution in [0.2, 0.25) is 0 Å². The van der Waals surface area contributed by atoms with Crippen molar-refractivity contribution >= 4 is 12.4 Å². The third kappa shape index (κ3) is 4.38. The first-order valence-corrected chi connectivity index (χ1v) is 7.28. The van der Waals surface area contributed by atoms with Gasteiger partial charge in [-0.2, -0.15) is 0 Å². The van der Waals surface area contributed by atoms with Crippen LogP contribution in [-0.2, 0) is 6.61 Å². The first-order valence-electron chi connectivity index (χ1n) is 7.28. The molecule has 0 saturated carbocycles. The van der Waals surface area contributed by atoms with Crippen molar-refractivity contribution in [2.75, 3.05) is 0 Å². The summed E-state index contributed by atoms with van der Waals surface area (Å²) >= 11 is 0. The second-order valence-corrected chi connectivity index (χ2v) is 4.87. The molecule has 0 aliphatic rings. The molecule has 3 aromatic rings. The van der Waals surface area contributed by atoms with Gasteiger partial charge >= 0.3 is 5.82 Å². The number of aliphatic hydroxyl groups excluding tert-OH is 1. The molecule has 0 bridgehead atoms. The number of imidazole rings is 1. The Morgan fingerprint density at radius 3 is 2.08 bits per heavy atom. The van der Waals surface area contributed by atoms with E-state index in [1.807, 2.05) is 60.7 Å². The van der Waals surface area contributed by atoms with E-state index >= 15 is 0 Å². The average Bonchev–Trinajstić information content (AvgIpc) is 3.02. The van der Waals surface area contributed by atoms with E-state index in [1.165, 1.54) is 0 Å². The standard InChI is InChI=1S/C18H17N4O.ClH/c23-15-18-21(19-13-16-7-3-1-4-8-16)11-12-22(18)20-14-17-9-5-2-6-10-17;/h1-14,23H,15H2;1H/q+1;/p-1/b19-13+,20-14+;. The predicted octanol–water partition coefficient (Wildman–Crippen LogP) is -0.964. The zero-order valence-corrected chi connectivity index (χ0v) is 13.7. The van der Waals surface area contributed by atoms with Crippen LogP contribution in [0.25, 0.3) is 0 Å². The number of hydrogen-bond donors (Lipinski definition) is 1. The summed E-state index contributed by atoms with van der Waals surface area (Å²) in [6.45, 7) is -0.161. The Hall–Kier alpha value is -2.76. The number of nitrogens with zero attached hydrogens (tertiary/aromatic N) is 4. The summed E-state index contributed by atoms with van der Waals surface area (Å²) in [7, 11) is 0. The van der Waals surface area contributed by atoms with Gasteiger partial charge in [0.2, 0.25) is 0 Å². The van der Waals surface area contributed by atoms with Crippen LogP contribution >= 0.6 is 0 Å². The molecule has 1 aromatic heterocycles. The molecule has 0 spiro atoms. The second-order valence-electron chi connectivity index (χ2n) is 4.87. The molecule has 1 N–H and O–H groups in total. The first kappa shape index (κ1) is 17.6. The van der Waals surface area contributed by atoms with Gasteiger partial charge in [0.1, 0.15) is 6.61 Å². The average molecular weight is 341 g/mol. The van der Waals surface area contributed by atoms with Gasteiger partial charge in [-0.05, 0) is 11.1 Å². The van der Waals surface area contributed by atoms with E-state index < -0.39 is 0 Å². The fraction of sp³-hybridized carbons (Fsp3) is 0.0556. The molecule has 122 valence electrons. The number of aliphatic hydroxyl groups is 1. The summed E-state index contributed by atoms with van der Waals surface area (Å²) in [4.78, 5) is 0. The van der Waals surface area contributed by atoms with Gasteiger partial charge in [-0.25, -0.2) is 0 Å². The van der Waals surface area contributed by atoms with Gasteiger partial charge in [0, 0.05) is 0 Å². The van der Waals surface area contributed by atoms with Crippen LogP contribution in [-0.4, -0.2) is 22.2 Å². The van der Waals surface area contributed by atoms with Crippen LogP contribution in [0.1, 0.15) is 17.0 Å². The minimum Gasteiger partial charge on any atom is -1.00 e. The molecule has 0 fully saturated rings. The van der Waals surface area contributed by atoms with Crippen molar-refractivity contribution in [1.29, 1.82) is 0 Å². The lowest BCUT2D eigenvalue weighted by molar-refractivity contribution is -0.687. The Bertz CT molecular complexity index is 747. The molecule has 0 aliphatic carbocycles. The zero-order chi connectivity index (χ0) is 15.9. The van der Waals surface area contributed by atoms with Gasteiger partial charge in [0.05, 0.1) is 12.4 Å². The van der Waals surface area contributed by atoms with Gasteiger partial charge in [0.15, 0.2) is 12.4 Å². The molecule has 0 atom stereocenters. The minimum absolute atomic E-state index is 0. The number of aromatic nitrogens is 2. The Morgan fingerprint density at radius 1 is 0.917 bits per heavy atom. The van der Waals surface area contributed by atoms with Gasteiger partial charge in [-0.1, -0.05) is 70.9 Å². The minimum atomic E-state index is -0.161. The van der Waals surface area contributed by atoms with E-state index in [-0.39, 0.29) is 19.0 Å². The fourth-order valence-electron chi connectivity index (χ4n) is 2.09. The smallest absolute Gasteiger partial charge is 0.333 e. The topological polar surface area (TPSA) is 53.8 Å². The second kappa shape index (κ2) is 8.76. The van der Waals surface area contributed by atoms with E-state index in [2.05, 4.69) is 10.2 Å². The Kier molecular flexibility index (Phi) is 6.42. The van der Waals surface area contributed by atoms with Gasteiger partial charge in [-0.3, -0.25) is 0 Å². The molecule has 0 amide bonds. The number of rotatable bonds is 5. The molecule has 0 radical (unpaired) electrons. The molecular formula is C18H17ClN4O. The Balaban J connectivity index is 0.00000208. The molecule has 5 nitrogen and oxygen atoms in total. The third-order valence-corrected chi connectivity index (χ3v) is 3.28. The number of benzene rings is 2. The fourth-order valence-corrected chi connectivity index (χ4v) is 2.09. The van der Waals surface area contributed by atoms with Crippen LogP contribution in [0.4, 0.5) is 0 Å². The van der Waals surface area contributed by atoms with E-state index in [9.17, 15) is 5.11 Å². The highest BCUT2D eigenvalue weighted by atomic mass is 35.5. The predicted molar refractivity (Wildman–Crippen MR) is 89.4 cm³/mol. The Morgan fingerprint density at radius 2 is 1.50 bits per heavy atom. The number of hydrogen-bond acceptors (Lipinski definition) is 3. The van der Waals surface area contributed by atoms with E-state index in [1.54, 1.807) is 34.2 Å². The van der Waals surface area contributed by atoms with E-state index in [0.29, 0.717) is 5.82 Å². The van der Waals surface area contributed by atoms with Crippen LogP contribution in [0, 0.1) is 0 Å². The maximum Gasteiger partial charge on any atom is 0.333 e. The molecule has 0 unspecified atom stereocenters. The van der Waals surface area contributed by atoms with Crippen LogP contribution in [0.5, 0.6) is 0 Å². The number of halogens is 1. The highest BCUT2D eigenvalue weighted by Crippen LogP contribution is 1.99. The summed E-state index contributed by atoms with van der Waals surface area (Å²) in [5, 5.41) is 18.3. The normalized spacial score (nSPS) is 11.0. The van der Waals surface area contributed by atoms with Crippen molar-refractivity contribution in [2.45, 2.75) is 6.61 Å². The summed E-state index contributed by atoms with van der Waals surface area (Å²) < 4.78 is 3.21. The molecule has 0 saturated heterocycles. The summed E-state index contributed by atoms with van der Waals surface area (Å²) in [5.74, 6) is 0.573. The maximum atomic E-state index is 9.59. The van der Waals surface area contributed by atoms with Crippen LogP contribution in [0.15, 0.2) is 83.3 Å². The Labute approximate surface area is 146 Å². The lowest BCUT2D eigenvalue weighted by Gasteiger charge is -1.94. The van der Waals surface area contributed by atoms with E-state index in [4.69, 9.17) is 0 Å². The highest BCUT2D eigenvalue weighted by molar-refractivity contribution is 5.79. The van der Waals surface area contributed by atoms with Crippen molar-refractivity contribution in [2.24, 2.45) is 10.2 Å². The van der Waals surface area contributed by atoms with Crippen molar-refractivity contribution in [3.8, 4) is 0 Å². The van der Waals surface area contributed by atoms with Gasteiger partial charge in [-0.15, -0.1) is 9.35 Å². The van der Waals surface area contributed by atoms with Crippen LogP contribution < -0.4 is 17.1 Å². The van der Waals surface area contributed by atoms with E-state index in [0.717, 1.165) is 11.1 Å². The SMILES string of the molecule is OCc1n(/N=C/c2ccccc2)cc[n+]1/N=C/c1ccccc1.[Cl-]. The third-order valence-electron chi connectivity index (χ3n) is 3.28. The monoisotopic (exact) mass is 340 g/mol. The molecule has 3 rings (SSSR count). The summed E-state index contributed by atoms with van der Waals surface area (Å²) in [6, 6.07) is 19.6. The molecule has 2 aromatic carbocycles. The molecule has 24 heavy (non-hydrogen) atoms. The van der Waals surface area contributed by atoms with Gasteiger partial charge in [0.25, 0.3) is 0 Å². The van der Waals surface area contributed by atoms with Gasteiger partial charge < -0.3 is 17.5 Å². The molecule has 6 heteroatoms. The molecule has 0 aliphatic heterocycles. The van der Waals surface area contributed by atoms with Crippen LogP contribution in [0.3, 0.4) is 0 Å². The summed E-state index contributed by atoms with van der Waals surface area (Å²) in [6.07, 6.45) is 7.00. The lowest BCUT2D eigenvalue weighted by Crippen LogP contribution is -3.00. The first-order chi connectivity index (χ1) is 11.4. The quantitative estimate of drug-likeness (QED) is 0.472. The maximum absolute atomic E-state index is 9.59. The molecular weight excluding hydrogens is 324 g/mol. The van der Waals surface area contributed by atoms with Crippen molar-refractivity contribution in [1.82, 2.24) is 4.68 Å². The van der Waals surface area contributed by atoms with Crippen molar-refractivity contribution < 1.29 is 22.2 Å². The van der Waals surface area contributed by atoms with Crippen molar-refractivity contribution in [3.63, 3.8) is 0 Å². The van der Waals surface area contributed by atoms with Crippen molar-refractivity contribution in [3.05, 3.63) is 90.0 Å². The highest BCUT2D eigenvalue weighted by Gasteiger charge is 2.15. The zero-order valence-electron chi connectivity index (χ0n) is 12.9. The lowest BCUT2D eigenvalue weighted by atomic mass is 10.2.